The van der Waals surface area contributed by atoms with Gasteiger partial charge in [0.15, 0.2) is 0 Å². The molecule has 0 radical (unpaired) electrons. The number of ether oxygens (including phenoxy) is 1. The number of hydrogen-bond acceptors (Lipinski definition) is 2. The van der Waals surface area contributed by atoms with E-state index in [1.165, 1.54) is 18.2 Å². The minimum atomic E-state index is -4.69. The summed E-state index contributed by atoms with van der Waals surface area (Å²) in [6, 6.07) is 5.64. The lowest BCUT2D eigenvalue weighted by Crippen LogP contribution is -2.17. The molecule has 1 atom stereocenters. The molecule has 6 heteroatoms. The molecule has 0 aliphatic carbocycles. The molecule has 2 nitrogen and oxygen atoms in total. The van der Waals surface area contributed by atoms with Gasteiger partial charge in [0.25, 0.3) is 0 Å². The molecule has 23 heavy (non-hydrogen) atoms. The van der Waals surface area contributed by atoms with E-state index in [-0.39, 0.29) is 11.8 Å². The smallest absolute Gasteiger partial charge is 0.406 e. The molecule has 0 fully saturated rings. The highest BCUT2D eigenvalue weighted by atomic mass is 19.4. The van der Waals surface area contributed by atoms with Crippen molar-refractivity contribution in [3.8, 4) is 5.75 Å². The fourth-order valence-electron chi connectivity index (χ4n) is 2.48. The maximum atomic E-state index is 12.2. The normalized spacial score (nSPS) is 19.3. The van der Waals surface area contributed by atoms with Crippen LogP contribution in [0.1, 0.15) is 25.3 Å². The third-order valence-corrected chi connectivity index (χ3v) is 3.50. The number of nitrogens with zero attached hydrogens (tertiary/aromatic N) is 1. The van der Waals surface area contributed by atoms with Crippen LogP contribution < -0.4 is 4.74 Å². The molecule has 1 aromatic carbocycles. The minimum absolute atomic E-state index is 0.0381. The van der Waals surface area contributed by atoms with E-state index in [0.717, 1.165) is 29.7 Å². The zero-order valence-corrected chi connectivity index (χ0v) is 12.6. The van der Waals surface area contributed by atoms with Crippen LogP contribution in [0.15, 0.2) is 53.1 Å². The van der Waals surface area contributed by atoms with Crippen LogP contribution in [0.2, 0.25) is 0 Å². The lowest BCUT2D eigenvalue weighted by Gasteiger charge is -2.09. The van der Waals surface area contributed by atoms with Gasteiger partial charge in [-0.3, -0.25) is 4.99 Å². The van der Waals surface area contributed by atoms with Gasteiger partial charge in [-0.2, -0.15) is 0 Å². The van der Waals surface area contributed by atoms with Crippen LogP contribution in [-0.4, -0.2) is 24.8 Å². The van der Waals surface area contributed by atoms with Gasteiger partial charge in [-0.05, 0) is 55.2 Å². The molecule has 0 bridgehead atoms. The van der Waals surface area contributed by atoms with Crippen molar-refractivity contribution in [3.05, 3.63) is 53.6 Å². The first-order valence-electron chi connectivity index (χ1n) is 7.24. The Bertz CT molecular complexity index is 614. The molecule has 0 amide bonds. The molecule has 1 aromatic rings. The highest BCUT2D eigenvalue weighted by Crippen LogP contribution is 2.27. The van der Waals surface area contributed by atoms with Crippen molar-refractivity contribution >= 4 is 5.71 Å². The Morgan fingerprint density at radius 2 is 2.00 bits per heavy atom. The fourth-order valence-corrected chi connectivity index (χ4v) is 2.48. The summed E-state index contributed by atoms with van der Waals surface area (Å²) >= 11 is 0. The average Bonchev–Trinajstić information content (AvgIpc) is 2.97. The Morgan fingerprint density at radius 3 is 2.57 bits per heavy atom. The van der Waals surface area contributed by atoms with E-state index >= 15 is 0 Å². The van der Waals surface area contributed by atoms with Gasteiger partial charge in [0, 0.05) is 5.71 Å². The molecule has 124 valence electrons. The van der Waals surface area contributed by atoms with Crippen molar-refractivity contribution in [1.82, 2.24) is 0 Å². The van der Waals surface area contributed by atoms with Crippen LogP contribution in [0.25, 0.3) is 0 Å². The molecule has 2 rings (SSSR count). The zero-order chi connectivity index (χ0) is 16.9. The van der Waals surface area contributed by atoms with Crippen molar-refractivity contribution in [3.63, 3.8) is 0 Å². The Labute approximate surface area is 132 Å². The molecule has 1 unspecified atom stereocenters. The Morgan fingerprint density at radius 1 is 1.30 bits per heavy atom. The Hall–Kier alpha value is -2.11. The van der Waals surface area contributed by atoms with Crippen LogP contribution in [0.5, 0.6) is 5.75 Å². The van der Waals surface area contributed by atoms with Gasteiger partial charge < -0.3 is 4.74 Å². The van der Waals surface area contributed by atoms with Gasteiger partial charge in [0.05, 0.1) is 6.04 Å². The molecule has 1 heterocycles. The fraction of sp³-hybridized carbons (Fsp3) is 0.353. The second-order valence-corrected chi connectivity index (χ2v) is 5.05. The van der Waals surface area contributed by atoms with E-state index in [1.54, 1.807) is 18.2 Å². The maximum Gasteiger partial charge on any atom is 0.573 e. The number of benzene rings is 1. The average molecular weight is 327 g/mol. The lowest BCUT2D eigenvalue weighted by molar-refractivity contribution is -0.274. The van der Waals surface area contributed by atoms with Crippen LogP contribution in [-0.2, 0) is 0 Å². The van der Waals surface area contributed by atoms with Gasteiger partial charge in [0.2, 0.25) is 0 Å². The summed E-state index contributed by atoms with van der Waals surface area (Å²) in [5, 5.41) is 0. The highest BCUT2D eigenvalue weighted by Gasteiger charge is 2.31. The number of halogens is 4. The summed E-state index contributed by atoms with van der Waals surface area (Å²) in [5.74, 6) is -0.253. The van der Waals surface area contributed by atoms with Crippen molar-refractivity contribution in [1.29, 1.82) is 0 Å². The molecular formula is C17H17F4NO. The van der Waals surface area contributed by atoms with Crippen LogP contribution in [0, 0.1) is 0 Å². The summed E-state index contributed by atoms with van der Waals surface area (Å²) in [6.07, 6.45) is 1.88. The molecular weight excluding hydrogens is 310 g/mol. The molecule has 0 saturated heterocycles. The van der Waals surface area contributed by atoms with Crippen molar-refractivity contribution in [2.75, 3.05) is 6.67 Å². The quantitative estimate of drug-likeness (QED) is 0.550. The first-order valence-corrected chi connectivity index (χ1v) is 7.24. The SMILES string of the molecule is C/C=C(\C=C/CF)C1CCC(c2ccc(OC(F)(F)F)cc2)=N1. The van der Waals surface area contributed by atoms with E-state index < -0.39 is 13.0 Å². The third-order valence-electron chi connectivity index (χ3n) is 3.50. The molecule has 0 N–H and O–H groups in total. The summed E-state index contributed by atoms with van der Waals surface area (Å²) in [6.45, 7) is 1.34. The predicted octanol–water partition coefficient (Wildman–Crippen LogP) is 5.01. The lowest BCUT2D eigenvalue weighted by atomic mass is 10.0. The number of aliphatic imine (C=N–C) groups is 1. The molecule has 0 spiro atoms. The van der Waals surface area contributed by atoms with Gasteiger partial charge in [-0.15, -0.1) is 13.2 Å². The summed E-state index contributed by atoms with van der Waals surface area (Å²) in [5.41, 5.74) is 2.54. The van der Waals surface area contributed by atoms with Gasteiger partial charge in [-0.25, -0.2) is 4.39 Å². The van der Waals surface area contributed by atoms with Crippen LogP contribution >= 0.6 is 0 Å². The largest absolute Gasteiger partial charge is 0.573 e. The van der Waals surface area contributed by atoms with E-state index in [4.69, 9.17) is 0 Å². The minimum Gasteiger partial charge on any atom is -0.406 e. The van der Waals surface area contributed by atoms with E-state index in [1.807, 2.05) is 13.0 Å². The van der Waals surface area contributed by atoms with Crippen molar-refractivity contribution in [2.45, 2.75) is 32.2 Å². The van der Waals surface area contributed by atoms with Gasteiger partial charge >= 0.3 is 6.36 Å². The number of rotatable bonds is 5. The zero-order valence-electron chi connectivity index (χ0n) is 12.6. The van der Waals surface area contributed by atoms with Crippen LogP contribution in [0.3, 0.4) is 0 Å². The van der Waals surface area contributed by atoms with E-state index in [2.05, 4.69) is 9.73 Å². The van der Waals surface area contributed by atoms with E-state index in [0.29, 0.717) is 0 Å². The Balaban J connectivity index is 2.11. The number of alkyl halides is 4. The molecule has 0 saturated carbocycles. The summed E-state index contributed by atoms with van der Waals surface area (Å²) < 4.78 is 52.5. The van der Waals surface area contributed by atoms with Gasteiger partial charge in [-0.1, -0.05) is 18.2 Å². The maximum absolute atomic E-state index is 12.2. The first kappa shape index (κ1) is 17.2. The summed E-state index contributed by atoms with van der Waals surface area (Å²) in [4.78, 5) is 4.60. The third kappa shape index (κ3) is 4.94. The van der Waals surface area contributed by atoms with Crippen molar-refractivity contribution in [2.24, 2.45) is 4.99 Å². The van der Waals surface area contributed by atoms with Crippen molar-refractivity contribution < 1.29 is 22.3 Å². The molecule has 0 aromatic heterocycles. The standard InChI is InChI=1S/C17H17F4NO/c1-2-12(4-3-11-18)15-9-10-16(22-15)13-5-7-14(8-6-13)23-17(19,20)21/h2-8,15H,9-11H2,1H3/b4-3-,12-2+. The Kier molecular flexibility index (Phi) is 5.58. The summed E-state index contributed by atoms with van der Waals surface area (Å²) in [7, 11) is 0. The first-order chi connectivity index (χ1) is 10.9. The highest BCUT2D eigenvalue weighted by molar-refractivity contribution is 6.02. The second kappa shape index (κ2) is 7.44. The van der Waals surface area contributed by atoms with Gasteiger partial charge in [0.1, 0.15) is 12.4 Å². The van der Waals surface area contributed by atoms with Crippen LogP contribution in [0.4, 0.5) is 17.6 Å². The number of hydrogen-bond donors (Lipinski definition) is 0. The monoisotopic (exact) mass is 327 g/mol. The molecule has 1 aliphatic rings. The topological polar surface area (TPSA) is 21.6 Å². The number of allylic oxidation sites excluding steroid dienone is 2. The molecule has 1 aliphatic heterocycles. The predicted molar refractivity (Wildman–Crippen MR) is 81.6 cm³/mol. The second-order valence-electron chi connectivity index (χ2n) is 5.05. The van der Waals surface area contributed by atoms with E-state index in [9.17, 15) is 17.6 Å².